The van der Waals surface area contributed by atoms with E-state index in [0.717, 1.165) is 29.3 Å². The second kappa shape index (κ2) is 11.2. The maximum atomic E-state index is 13.7. The first-order valence-electron chi connectivity index (χ1n) is 13.1. The Morgan fingerprint density at radius 3 is 2.51 bits per heavy atom. The summed E-state index contributed by atoms with van der Waals surface area (Å²) in [6.07, 6.45) is 4.78. The van der Waals surface area contributed by atoms with Crippen molar-refractivity contribution in [3.63, 3.8) is 0 Å². The number of nitrogens with zero attached hydrogens (tertiary/aromatic N) is 2. The van der Waals surface area contributed by atoms with Crippen molar-refractivity contribution in [3.05, 3.63) is 36.0 Å². The standard InChI is InChI=1S/C27H37N5O5/c1-5-16(2)23-27(36)31-13-9-8-12-22(31)26(35)28-17(3)24(33)29-20(25(34)30-23)14-18-15-32(37-4)21-11-7-6-10-19(18)21/h6-7,10-11,15-17,20,22-23H,5,8-9,12-14H2,1-4H3,(H,28,35)(H,29,33)(H,30,34)/t16?,17-,20?,22?,23-/m0/s1. The Bertz CT molecular complexity index is 1180. The summed E-state index contributed by atoms with van der Waals surface area (Å²) in [5.74, 6) is -1.65. The summed E-state index contributed by atoms with van der Waals surface area (Å²) in [6, 6.07) is 4.35. The number of piperidine rings is 1. The molecule has 4 amide bonds. The van der Waals surface area contributed by atoms with Gasteiger partial charge in [0, 0.05) is 24.5 Å². The number of carbonyl (C=O) groups is 4. The lowest BCUT2D eigenvalue weighted by Crippen LogP contribution is -2.64. The van der Waals surface area contributed by atoms with Crippen LogP contribution in [0.2, 0.25) is 0 Å². The smallest absolute Gasteiger partial charge is 0.246 e. The molecule has 2 aromatic rings. The number of benzene rings is 1. The maximum Gasteiger partial charge on any atom is 0.246 e. The number of para-hydroxylation sites is 1. The molecule has 3 unspecified atom stereocenters. The molecule has 0 spiro atoms. The Morgan fingerprint density at radius 1 is 1.03 bits per heavy atom. The second-order valence-corrected chi connectivity index (χ2v) is 10.1. The molecule has 1 aromatic heterocycles. The highest BCUT2D eigenvalue weighted by molar-refractivity contribution is 5.98. The first-order chi connectivity index (χ1) is 17.7. The van der Waals surface area contributed by atoms with Crippen molar-refractivity contribution in [3.8, 4) is 0 Å². The van der Waals surface area contributed by atoms with E-state index in [-0.39, 0.29) is 24.2 Å². The van der Waals surface area contributed by atoms with Gasteiger partial charge in [0.05, 0.1) is 5.52 Å². The monoisotopic (exact) mass is 511 g/mol. The van der Waals surface area contributed by atoms with Crippen molar-refractivity contribution in [1.82, 2.24) is 25.6 Å². The highest BCUT2D eigenvalue weighted by Crippen LogP contribution is 2.24. The third-order valence-electron chi connectivity index (χ3n) is 7.63. The van der Waals surface area contributed by atoms with Crippen molar-refractivity contribution in [2.45, 2.75) is 77.0 Å². The van der Waals surface area contributed by atoms with Crippen molar-refractivity contribution in [2.75, 3.05) is 13.7 Å². The Hall–Kier alpha value is -3.56. The Kier molecular flexibility index (Phi) is 8.04. The molecule has 2 fully saturated rings. The molecular formula is C27H37N5O5. The van der Waals surface area contributed by atoms with E-state index < -0.39 is 36.0 Å². The van der Waals surface area contributed by atoms with E-state index >= 15 is 0 Å². The van der Waals surface area contributed by atoms with Crippen LogP contribution in [0.15, 0.2) is 30.5 Å². The van der Waals surface area contributed by atoms with Crippen LogP contribution < -0.4 is 20.8 Å². The van der Waals surface area contributed by atoms with Gasteiger partial charge in [-0.1, -0.05) is 38.5 Å². The topological polar surface area (TPSA) is 122 Å². The predicted molar refractivity (Wildman–Crippen MR) is 138 cm³/mol. The largest absolute Gasteiger partial charge is 0.417 e. The average molecular weight is 512 g/mol. The number of aromatic nitrogens is 1. The summed E-state index contributed by atoms with van der Waals surface area (Å²) in [6.45, 7) is 5.90. The van der Waals surface area contributed by atoms with Crippen LogP contribution in [-0.4, -0.2) is 71.1 Å². The molecule has 3 N–H and O–H groups in total. The van der Waals surface area contributed by atoms with Gasteiger partial charge in [-0.05, 0) is 43.7 Å². The Morgan fingerprint density at radius 2 is 1.78 bits per heavy atom. The highest BCUT2D eigenvalue weighted by Gasteiger charge is 2.40. The fraction of sp³-hybridized carbons (Fsp3) is 0.556. The lowest BCUT2D eigenvalue weighted by molar-refractivity contribution is -0.147. The Balaban J connectivity index is 1.70. The molecule has 3 heterocycles. The quantitative estimate of drug-likeness (QED) is 0.556. The van der Waals surface area contributed by atoms with E-state index in [1.165, 1.54) is 0 Å². The molecule has 10 nitrogen and oxygen atoms in total. The van der Waals surface area contributed by atoms with Gasteiger partial charge in [-0.3, -0.25) is 19.2 Å². The van der Waals surface area contributed by atoms with Gasteiger partial charge < -0.3 is 25.7 Å². The molecule has 2 aliphatic heterocycles. The number of amides is 4. The molecule has 0 bridgehead atoms. The zero-order valence-corrected chi connectivity index (χ0v) is 22.0. The van der Waals surface area contributed by atoms with Gasteiger partial charge in [0.25, 0.3) is 0 Å². The van der Waals surface area contributed by atoms with Gasteiger partial charge in [-0.15, -0.1) is 0 Å². The molecule has 1 aromatic carbocycles. The molecule has 2 aliphatic rings. The van der Waals surface area contributed by atoms with Crippen LogP contribution in [0, 0.1) is 5.92 Å². The highest BCUT2D eigenvalue weighted by atomic mass is 16.6. The number of fused-ring (bicyclic) bond motifs is 2. The molecule has 2 saturated heterocycles. The number of hydrogen-bond donors (Lipinski definition) is 3. The number of hydrogen-bond acceptors (Lipinski definition) is 5. The molecule has 200 valence electrons. The van der Waals surface area contributed by atoms with Crippen molar-refractivity contribution < 1.29 is 24.0 Å². The van der Waals surface area contributed by atoms with E-state index in [2.05, 4.69) is 16.0 Å². The average Bonchev–Trinajstić information content (AvgIpc) is 3.27. The molecule has 0 radical (unpaired) electrons. The summed E-state index contributed by atoms with van der Waals surface area (Å²) < 4.78 is 1.62. The summed E-state index contributed by atoms with van der Waals surface area (Å²) >= 11 is 0. The predicted octanol–water partition coefficient (Wildman–Crippen LogP) is 1.16. The molecular weight excluding hydrogens is 474 g/mol. The third-order valence-corrected chi connectivity index (χ3v) is 7.63. The lowest BCUT2D eigenvalue weighted by Gasteiger charge is -2.39. The summed E-state index contributed by atoms with van der Waals surface area (Å²) in [5, 5.41) is 9.42. The van der Waals surface area contributed by atoms with Crippen LogP contribution in [-0.2, 0) is 25.6 Å². The first kappa shape index (κ1) is 26.5. The number of nitrogens with one attached hydrogen (secondary N) is 3. The van der Waals surface area contributed by atoms with Crippen LogP contribution in [0.25, 0.3) is 10.9 Å². The zero-order valence-electron chi connectivity index (χ0n) is 22.0. The van der Waals surface area contributed by atoms with Crippen molar-refractivity contribution >= 4 is 34.5 Å². The van der Waals surface area contributed by atoms with Gasteiger partial charge in [-0.2, -0.15) is 4.73 Å². The molecule has 4 rings (SSSR count). The zero-order chi connectivity index (χ0) is 26.7. The second-order valence-electron chi connectivity index (χ2n) is 10.1. The first-order valence-corrected chi connectivity index (χ1v) is 13.1. The fourth-order valence-electron chi connectivity index (χ4n) is 5.22. The third kappa shape index (κ3) is 5.42. The van der Waals surface area contributed by atoms with E-state index in [4.69, 9.17) is 4.84 Å². The molecule has 5 atom stereocenters. The minimum absolute atomic E-state index is 0.157. The van der Waals surface area contributed by atoms with Gasteiger partial charge in [0.2, 0.25) is 23.6 Å². The fourth-order valence-corrected chi connectivity index (χ4v) is 5.22. The molecule has 37 heavy (non-hydrogen) atoms. The summed E-state index contributed by atoms with van der Waals surface area (Å²) in [7, 11) is 1.56. The minimum atomic E-state index is -0.959. The van der Waals surface area contributed by atoms with E-state index in [1.807, 2.05) is 38.1 Å². The maximum absolute atomic E-state index is 13.7. The van der Waals surface area contributed by atoms with E-state index in [9.17, 15) is 19.2 Å². The minimum Gasteiger partial charge on any atom is -0.417 e. The van der Waals surface area contributed by atoms with Crippen molar-refractivity contribution in [1.29, 1.82) is 0 Å². The molecule has 0 aliphatic carbocycles. The van der Waals surface area contributed by atoms with Gasteiger partial charge in [0.1, 0.15) is 31.3 Å². The van der Waals surface area contributed by atoms with Gasteiger partial charge in [-0.25, -0.2) is 0 Å². The Labute approximate surface area is 217 Å². The van der Waals surface area contributed by atoms with Crippen LogP contribution in [0.1, 0.15) is 52.0 Å². The van der Waals surface area contributed by atoms with Crippen LogP contribution in [0.3, 0.4) is 0 Å². The van der Waals surface area contributed by atoms with Crippen LogP contribution in [0.4, 0.5) is 0 Å². The lowest BCUT2D eigenvalue weighted by atomic mass is 9.93. The van der Waals surface area contributed by atoms with Gasteiger partial charge in [0.15, 0.2) is 0 Å². The van der Waals surface area contributed by atoms with Crippen LogP contribution >= 0.6 is 0 Å². The summed E-state index contributed by atoms with van der Waals surface area (Å²) in [4.78, 5) is 60.7. The number of rotatable bonds is 5. The van der Waals surface area contributed by atoms with E-state index in [0.29, 0.717) is 19.4 Å². The van der Waals surface area contributed by atoms with Crippen LogP contribution in [0.5, 0.6) is 0 Å². The van der Waals surface area contributed by atoms with E-state index in [1.54, 1.807) is 29.9 Å². The molecule has 0 saturated carbocycles. The summed E-state index contributed by atoms with van der Waals surface area (Å²) in [5.41, 5.74) is 1.65. The van der Waals surface area contributed by atoms with Crippen molar-refractivity contribution in [2.24, 2.45) is 5.92 Å². The number of carbonyl (C=O) groups excluding carboxylic acids is 4. The van der Waals surface area contributed by atoms with Gasteiger partial charge >= 0.3 is 0 Å². The normalized spacial score (nSPS) is 26.3. The molecule has 10 heteroatoms. The SMILES string of the molecule is CCC(C)[C@@H]1NC(=O)C(Cc2cn(OC)c3ccccc23)NC(=O)[C@H](C)NC(=O)C2CCCCN2C1=O.